The first-order valence-electron chi connectivity index (χ1n) is 21.3. The van der Waals surface area contributed by atoms with Crippen molar-refractivity contribution in [2.24, 2.45) is 0 Å². The van der Waals surface area contributed by atoms with Crippen LogP contribution in [0.1, 0.15) is 136 Å². The van der Waals surface area contributed by atoms with E-state index in [1.807, 2.05) is 21.1 Å². The topological polar surface area (TPSA) is 172 Å². The summed E-state index contributed by atoms with van der Waals surface area (Å²) in [6.45, 7) is 3.67. The standard InChI is InChI=1S/C44H78NO11P/c1-6-8-10-11-12-13-14-15-16-17-18-23-27-33-43(49)53-37-40(38-55-57(51,52)54-36-35-45(3,4)5)56-44(50)34-28-32-42(48)41(47)31-26-22-20-19-21-25-30-39(46)29-24-9-7-2/h13-14,19-22,25-26,30-31,39-42,46-48H,6-12,15-18,23-24,27-29,32-38H2,1-5H3/b14-13-,21-19-,22-20+,30-25+,31-26+/t39-,40+,41-,42-/m0/s1. The number of ether oxygens (including phenoxy) is 2. The van der Waals surface area contributed by atoms with E-state index in [0.717, 1.165) is 64.2 Å². The number of quaternary nitrogens is 1. The molecule has 0 amide bonds. The number of carbonyl (C=O) groups is 2. The van der Waals surface area contributed by atoms with E-state index in [4.69, 9.17) is 18.5 Å². The van der Waals surface area contributed by atoms with Crippen LogP contribution in [0.5, 0.6) is 0 Å². The third-order valence-electron chi connectivity index (χ3n) is 8.88. The van der Waals surface area contributed by atoms with Crippen LogP contribution in [-0.4, -0.2) is 104 Å². The molecule has 0 aromatic rings. The number of aliphatic hydroxyl groups is 3. The van der Waals surface area contributed by atoms with Gasteiger partial charge >= 0.3 is 11.9 Å². The van der Waals surface area contributed by atoms with E-state index in [-0.39, 0.29) is 38.9 Å². The SMILES string of the molecule is CCCCCC/C=C\CCCCCCCC(=O)OC[C@H](COP(=O)([O-])OCC[N+](C)(C)C)OC(=O)CCC[C@H](O)[C@@H](O)/C=C/C=C/C=C\C=C\[C@@H](O)CCCCC. The predicted molar refractivity (Wildman–Crippen MR) is 226 cm³/mol. The zero-order valence-electron chi connectivity index (χ0n) is 35.8. The Morgan fingerprint density at radius 2 is 1.23 bits per heavy atom. The quantitative estimate of drug-likeness (QED) is 0.0139. The van der Waals surface area contributed by atoms with Crippen molar-refractivity contribution in [2.75, 3.05) is 47.5 Å². The Bertz CT molecular complexity index is 1210. The Kier molecular flexibility index (Phi) is 34.0. The van der Waals surface area contributed by atoms with Crippen LogP contribution in [0.15, 0.2) is 60.8 Å². The van der Waals surface area contributed by atoms with Gasteiger partial charge < -0.3 is 43.2 Å². The van der Waals surface area contributed by atoms with Crippen molar-refractivity contribution in [3.63, 3.8) is 0 Å². The maximum atomic E-state index is 12.7. The van der Waals surface area contributed by atoms with E-state index in [1.165, 1.54) is 31.8 Å². The summed E-state index contributed by atoms with van der Waals surface area (Å²) in [5.74, 6) is -1.18. The number of likely N-dealkylation sites (N-methyl/N-ethyl adjacent to an activating group) is 1. The zero-order chi connectivity index (χ0) is 42.6. The van der Waals surface area contributed by atoms with Crippen molar-refractivity contribution in [1.29, 1.82) is 0 Å². The molecule has 57 heavy (non-hydrogen) atoms. The molecule has 0 aliphatic heterocycles. The molecule has 0 heterocycles. The Morgan fingerprint density at radius 1 is 0.667 bits per heavy atom. The maximum Gasteiger partial charge on any atom is 0.306 e. The Balaban J connectivity index is 4.76. The fourth-order valence-electron chi connectivity index (χ4n) is 5.32. The highest BCUT2D eigenvalue weighted by atomic mass is 31.2. The van der Waals surface area contributed by atoms with E-state index in [0.29, 0.717) is 17.4 Å². The predicted octanol–water partition coefficient (Wildman–Crippen LogP) is 7.96. The van der Waals surface area contributed by atoms with Crippen molar-refractivity contribution in [3.05, 3.63) is 60.8 Å². The number of allylic oxidation sites excluding steroid dienone is 8. The second-order valence-corrected chi connectivity index (χ2v) is 17.0. The van der Waals surface area contributed by atoms with Gasteiger partial charge in [0.15, 0.2) is 6.10 Å². The highest BCUT2D eigenvalue weighted by Crippen LogP contribution is 2.38. The molecule has 0 fully saturated rings. The number of rotatable bonds is 37. The van der Waals surface area contributed by atoms with Gasteiger partial charge in [-0.2, -0.15) is 0 Å². The van der Waals surface area contributed by atoms with Gasteiger partial charge in [0.2, 0.25) is 0 Å². The lowest BCUT2D eigenvalue weighted by molar-refractivity contribution is -0.870. The molecule has 0 bridgehead atoms. The Morgan fingerprint density at radius 3 is 1.88 bits per heavy atom. The van der Waals surface area contributed by atoms with Crippen LogP contribution in [0, 0.1) is 0 Å². The minimum Gasteiger partial charge on any atom is -0.756 e. The van der Waals surface area contributed by atoms with Gasteiger partial charge in [-0.1, -0.05) is 132 Å². The van der Waals surface area contributed by atoms with Crippen molar-refractivity contribution < 1.29 is 57.4 Å². The fraction of sp³-hybridized carbons (Fsp3) is 0.727. The molecular formula is C44H78NO11P. The minimum atomic E-state index is -4.72. The summed E-state index contributed by atoms with van der Waals surface area (Å²) in [6.07, 6.45) is 30.5. The van der Waals surface area contributed by atoms with Gasteiger partial charge in [0.25, 0.3) is 7.82 Å². The molecule has 0 aromatic heterocycles. The van der Waals surface area contributed by atoms with Gasteiger partial charge in [0.1, 0.15) is 19.8 Å². The van der Waals surface area contributed by atoms with Gasteiger partial charge in [0.05, 0.1) is 46.1 Å². The molecule has 0 aliphatic rings. The summed E-state index contributed by atoms with van der Waals surface area (Å²) < 4.78 is 33.5. The summed E-state index contributed by atoms with van der Waals surface area (Å²) in [5, 5.41) is 30.5. The second-order valence-electron chi connectivity index (χ2n) is 15.6. The molecule has 0 saturated carbocycles. The number of phosphoric acid groups is 1. The molecule has 0 aromatic carbocycles. The molecule has 0 rings (SSSR count). The number of hydrogen-bond donors (Lipinski definition) is 3. The number of nitrogens with zero attached hydrogens (tertiary/aromatic N) is 1. The molecular weight excluding hydrogens is 749 g/mol. The first kappa shape index (κ1) is 54.6. The van der Waals surface area contributed by atoms with Gasteiger partial charge in [-0.25, -0.2) is 0 Å². The smallest absolute Gasteiger partial charge is 0.306 e. The highest BCUT2D eigenvalue weighted by molar-refractivity contribution is 7.45. The molecule has 5 atom stereocenters. The van der Waals surface area contributed by atoms with E-state index in [2.05, 4.69) is 26.0 Å². The lowest BCUT2D eigenvalue weighted by Gasteiger charge is -2.28. The average Bonchev–Trinajstić information content (AvgIpc) is 3.15. The monoisotopic (exact) mass is 828 g/mol. The van der Waals surface area contributed by atoms with Crippen LogP contribution in [0.3, 0.4) is 0 Å². The van der Waals surface area contributed by atoms with Gasteiger partial charge in [0, 0.05) is 12.8 Å². The van der Waals surface area contributed by atoms with Crippen LogP contribution in [0.25, 0.3) is 0 Å². The summed E-state index contributed by atoms with van der Waals surface area (Å²) in [7, 11) is 0.935. The summed E-state index contributed by atoms with van der Waals surface area (Å²) in [4.78, 5) is 37.5. The van der Waals surface area contributed by atoms with Gasteiger partial charge in [-0.05, 0) is 51.4 Å². The van der Waals surface area contributed by atoms with E-state index < -0.39 is 50.8 Å². The number of esters is 2. The Labute approximate surface area is 344 Å². The second kappa shape index (κ2) is 35.5. The lowest BCUT2D eigenvalue weighted by Crippen LogP contribution is -2.37. The molecule has 13 heteroatoms. The lowest BCUT2D eigenvalue weighted by atomic mass is 10.1. The van der Waals surface area contributed by atoms with Crippen LogP contribution in [-0.2, 0) is 32.7 Å². The number of hydrogen-bond acceptors (Lipinski definition) is 11. The number of aliphatic hydroxyl groups excluding tert-OH is 3. The van der Waals surface area contributed by atoms with Crippen molar-refractivity contribution in [3.8, 4) is 0 Å². The fourth-order valence-corrected chi connectivity index (χ4v) is 6.05. The molecule has 1 unspecified atom stereocenters. The van der Waals surface area contributed by atoms with Crippen molar-refractivity contribution >= 4 is 19.8 Å². The first-order chi connectivity index (χ1) is 27.2. The number of carbonyl (C=O) groups excluding carboxylic acids is 2. The number of unbranched alkanes of at least 4 members (excludes halogenated alkanes) is 11. The first-order valence-corrected chi connectivity index (χ1v) is 22.8. The molecule has 0 radical (unpaired) electrons. The molecule has 0 aliphatic carbocycles. The van der Waals surface area contributed by atoms with Crippen molar-refractivity contribution in [2.45, 2.75) is 160 Å². The minimum absolute atomic E-state index is 0.0947. The number of phosphoric ester groups is 1. The summed E-state index contributed by atoms with van der Waals surface area (Å²) >= 11 is 0. The third-order valence-corrected chi connectivity index (χ3v) is 9.84. The highest BCUT2D eigenvalue weighted by Gasteiger charge is 2.22. The normalized spacial score (nSPS) is 15.9. The van der Waals surface area contributed by atoms with Crippen LogP contribution in [0.4, 0.5) is 0 Å². The van der Waals surface area contributed by atoms with Crippen LogP contribution < -0.4 is 4.89 Å². The summed E-state index contributed by atoms with van der Waals surface area (Å²) in [5.41, 5.74) is 0. The molecule has 330 valence electrons. The molecule has 0 spiro atoms. The van der Waals surface area contributed by atoms with E-state index in [1.54, 1.807) is 42.5 Å². The van der Waals surface area contributed by atoms with Crippen LogP contribution in [0.2, 0.25) is 0 Å². The van der Waals surface area contributed by atoms with Crippen LogP contribution >= 0.6 is 7.82 Å². The Hall–Kier alpha value is -2.41. The summed E-state index contributed by atoms with van der Waals surface area (Å²) in [6, 6.07) is 0. The third kappa shape index (κ3) is 37.6. The van der Waals surface area contributed by atoms with Gasteiger partial charge in [-0.15, -0.1) is 0 Å². The largest absolute Gasteiger partial charge is 0.756 e. The maximum absolute atomic E-state index is 12.7. The van der Waals surface area contributed by atoms with Gasteiger partial charge in [-0.3, -0.25) is 14.2 Å². The van der Waals surface area contributed by atoms with E-state index in [9.17, 15) is 34.4 Å². The van der Waals surface area contributed by atoms with Crippen molar-refractivity contribution in [1.82, 2.24) is 0 Å². The zero-order valence-corrected chi connectivity index (χ0v) is 36.7. The van der Waals surface area contributed by atoms with E-state index >= 15 is 0 Å². The average molecular weight is 828 g/mol. The molecule has 3 N–H and O–H groups in total. The molecule has 12 nitrogen and oxygen atoms in total. The molecule has 0 saturated heterocycles.